The molecule has 450 valence electrons. The Labute approximate surface area is 510 Å². The van der Waals surface area contributed by atoms with Crippen molar-refractivity contribution in [2.45, 2.75) is 98.1 Å². The third-order valence-corrected chi connectivity index (χ3v) is 5.98. The molecular weight excluding hydrogens is 1330 g/mol. The van der Waals surface area contributed by atoms with Crippen LogP contribution in [0.25, 0.3) is 0 Å². The van der Waals surface area contributed by atoms with Crippen LogP contribution in [0.4, 0.5) is 74.6 Å². The minimum absolute atomic E-state index is 0. The van der Waals surface area contributed by atoms with Gasteiger partial charge in [0.1, 0.15) is 5.82 Å². The molecule has 1 amide bonds. The summed E-state index contributed by atoms with van der Waals surface area (Å²) in [5, 5.41) is 0.306. The smallest absolute Gasteiger partial charge is 1.00 e. The van der Waals surface area contributed by atoms with Gasteiger partial charge in [0.25, 0.3) is 5.78 Å². The van der Waals surface area contributed by atoms with Gasteiger partial charge in [-0.2, -0.15) is 84.1 Å². The van der Waals surface area contributed by atoms with E-state index < -0.39 is 77.9 Å². The summed E-state index contributed by atoms with van der Waals surface area (Å²) in [6, 6.07) is 13.6. The standard InChI is InChI=1S/C12H12F4O.C6H7F3O.C6H4F.C4F6O3.C4H6F3NO2.C4H10O.C4H7.C2H7NO.CH2Cl2.2BrH.ClH.2Mg/c1-11(2,7-10(17)12(14,15)16)8-3-5-9(13)6-4-8;1-4(2)3-5(10)6(7,8)9;7-6-4-2-1-3-5-6;5-3(6,7)1(11)13-2(12)4(8,9)10;1-8(10-2)3(9)4(5,6)7;1-3-5-4-2;1-4(2)3;1-3-4-2;2-1-3;;;;;/h3-6H,7H2,1-2H3;3H,1-2H3;2-5H;;1-2H3;3-4H2,1-2H3;1H,2-3H3;3H,1-2H3;1H2;3*1H;;/q;;-1;;;;-1;;;;;;2*+2/p-2. The van der Waals surface area contributed by atoms with Gasteiger partial charge in [0.15, 0.2) is 0 Å². The van der Waals surface area contributed by atoms with Crippen LogP contribution < -0.4 is 39.4 Å². The summed E-state index contributed by atoms with van der Waals surface area (Å²) >= 11 is 9.53. The molecule has 0 aliphatic heterocycles. The fourth-order valence-corrected chi connectivity index (χ4v) is 2.88. The number of amides is 1. The zero-order valence-corrected chi connectivity index (χ0v) is 51.8. The van der Waals surface area contributed by atoms with Crippen molar-refractivity contribution in [2.75, 3.05) is 46.9 Å². The van der Waals surface area contributed by atoms with Crippen molar-refractivity contribution in [1.29, 1.82) is 0 Å². The Morgan fingerprint density at radius 2 is 0.987 bits per heavy atom. The number of hydrogen-bond donors (Lipinski definition) is 1. The van der Waals surface area contributed by atoms with E-state index in [1.54, 1.807) is 14.2 Å². The Balaban J connectivity index is -0.0000000653. The summed E-state index contributed by atoms with van der Waals surface area (Å²) in [6.07, 6.45) is -25.7. The van der Waals surface area contributed by atoms with Crippen LogP contribution in [-0.4, -0.2) is 158 Å². The fraction of sp³-hybridized carbons (Fsp3) is 0.512. The fourth-order valence-electron chi connectivity index (χ4n) is 2.88. The number of Topliss-reactive ketones (excluding diaryl/α,β-unsaturated/α-hetero) is 1. The molecule has 11 nitrogen and oxygen atoms in total. The van der Waals surface area contributed by atoms with Crippen molar-refractivity contribution in [3.8, 4) is 0 Å². The first-order valence-corrected chi connectivity index (χ1v) is 20.3. The van der Waals surface area contributed by atoms with Crippen LogP contribution >= 0.6 is 35.6 Å². The van der Waals surface area contributed by atoms with E-state index in [1.165, 1.54) is 64.1 Å². The van der Waals surface area contributed by atoms with Crippen molar-refractivity contribution >= 4 is 111 Å². The monoisotopic (exact) mass is 1380 g/mol. The molecular formula is C43H56Br2Cl3F17Mg2N2O9. The van der Waals surface area contributed by atoms with E-state index in [0.717, 1.165) is 45.1 Å². The number of hydrogen-bond acceptors (Lipinski definition) is 10. The Bertz CT molecular complexity index is 1840. The van der Waals surface area contributed by atoms with Crippen molar-refractivity contribution < 1.29 is 152 Å². The molecule has 78 heavy (non-hydrogen) atoms. The van der Waals surface area contributed by atoms with Gasteiger partial charge < -0.3 is 54.9 Å². The molecule has 0 aromatic heterocycles. The number of halogens is 22. The number of ketones is 2. The number of nitrogens with one attached hydrogen (secondary N) is 1. The van der Waals surface area contributed by atoms with Crippen LogP contribution in [0.15, 0.2) is 65.8 Å². The van der Waals surface area contributed by atoms with Gasteiger partial charge in [0.05, 0.1) is 19.6 Å². The predicted octanol–water partition coefficient (Wildman–Crippen LogP) is 6.37. The molecule has 0 radical (unpaired) electrons. The normalized spacial score (nSPS) is 9.94. The molecule has 1 N–H and O–H groups in total. The molecule has 2 rings (SSSR count). The molecule has 0 spiro atoms. The Kier molecular flexibility index (Phi) is 74.1. The maximum absolute atomic E-state index is 12.7. The van der Waals surface area contributed by atoms with E-state index in [4.69, 9.17) is 34.5 Å². The van der Waals surface area contributed by atoms with E-state index in [9.17, 15) is 98.6 Å². The molecule has 0 aliphatic rings. The number of ether oxygens (including phenoxy) is 2. The maximum Gasteiger partial charge on any atom is 2.00 e. The van der Waals surface area contributed by atoms with E-state index >= 15 is 0 Å². The minimum atomic E-state index is -5.62. The molecule has 0 fully saturated rings. The second kappa shape index (κ2) is 55.4. The van der Waals surface area contributed by atoms with Crippen LogP contribution in [0.2, 0.25) is 0 Å². The topological polar surface area (TPSA) is 138 Å². The number of hydroxylamine groups is 3. The third-order valence-electron chi connectivity index (χ3n) is 5.98. The van der Waals surface area contributed by atoms with Crippen LogP contribution in [0.5, 0.6) is 0 Å². The van der Waals surface area contributed by atoms with Gasteiger partial charge in [-0.25, -0.2) is 28.9 Å². The van der Waals surface area contributed by atoms with Crippen molar-refractivity contribution in [1.82, 2.24) is 10.5 Å². The quantitative estimate of drug-likeness (QED) is 0.0465. The van der Waals surface area contributed by atoms with Gasteiger partial charge >= 0.3 is 94.8 Å². The Morgan fingerprint density at radius 3 is 1.15 bits per heavy atom. The van der Waals surface area contributed by atoms with Gasteiger partial charge in [0, 0.05) is 39.5 Å². The van der Waals surface area contributed by atoms with Crippen molar-refractivity contribution in [2.24, 2.45) is 0 Å². The molecule has 35 heteroatoms. The zero-order valence-electron chi connectivity index (χ0n) is 43.5. The molecule has 0 unspecified atom stereocenters. The number of allylic oxidation sites excluding steroid dienone is 3. The van der Waals surface area contributed by atoms with Crippen LogP contribution in [-0.2, 0) is 48.5 Å². The van der Waals surface area contributed by atoms with Gasteiger partial charge in [-0.15, -0.1) is 47.7 Å². The van der Waals surface area contributed by atoms with Crippen LogP contribution in [0.3, 0.4) is 0 Å². The van der Waals surface area contributed by atoms with Crippen molar-refractivity contribution in [3.63, 3.8) is 0 Å². The first kappa shape index (κ1) is 104. The minimum Gasteiger partial charge on any atom is -1.00 e. The second-order valence-corrected chi connectivity index (χ2v) is 14.1. The van der Waals surface area contributed by atoms with E-state index in [2.05, 4.69) is 26.0 Å². The summed E-state index contributed by atoms with van der Waals surface area (Å²) < 4.78 is 204. The first-order chi connectivity index (χ1) is 32.8. The molecule has 0 atom stereocenters. The van der Waals surface area contributed by atoms with Gasteiger partial charge in [-0.05, 0) is 56.9 Å². The van der Waals surface area contributed by atoms with Crippen LogP contribution in [0.1, 0.15) is 67.4 Å². The molecule has 2 aromatic rings. The van der Waals surface area contributed by atoms with E-state index in [0.29, 0.717) is 17.2 Å². The Morgan fingerprint density at radius 1 is 0.667 bits per heavy atom. The average Bonchev–Trinajstić information content (AvgIpc) is 3.23. The summed E-state index contributed by atoms with van der Waals surface area (Å²) in [5.41, 5.74) is 3.22. The van der Waals surface area contributed by atoms with E-state index in [1.807, 2.05) is 27.7 Å². The summed E-state index contributed by atoms with van der Waals surface area (Å²) in [7, 11) is 5.14. The predicted molar refractivity (Wildman–Crippen MR) is 253 cm³/mol. The molecule has 2 aromatic carbocycles. The summed E-state index contributed by atoms with van der Waals surface area (Å²) in [5.74, 6) is -12.7. The first-order valence-electron chi connectivity index (χ1n) is 19.3. The Hall–Kier alpha value is -2.12. The molecule has 0 saturated carbocycles. The number of esters is 2. The number of benzene rings is 2. The molecule has 0 aliphatic carbocycles. The SMILES string of the molecule is CC(C)(CC(=O)C(F)(F)F)c1ccc(F)cc1.CC(C)=CC(=O)C(F)(F)F.CCOCC.CNOC.CON(C)C(=O)C(F)(F)F.Cl.ClCCl.Fc1cc[c-]cc1.O=C(OC(=O)C(F)(F)F)C(F)(F)F.[Br-].[Br-].[CH-]=C(C)C.[Mg+2].[Mg+2]. The number of rotatable bonds is 8. The number of carbonyl (C=O) groups is 5. The number of carbonyl (C=O) groups excluding carboxylic acids is 5. The summed E-state index contributed by atoms with van der Waals surface area (Å²) in [4.78, 5) is 58.7. The van der Waals surface area contributed by atoms with Gasteiger partial charge in [-0.1, -0.05) is 45.4 Å². The van der Waals surface area contributed by atoms with E-state index in [-0.39, 0.29) is 109 Å². The van der Waals surface area contributed by atoms with Gasteiger partial charge in [0.2, 0.25) is 5.78 Å². The zero-order chi connectivity index (χ0) is 59.8. The van der Waals surface area contributed by atoms with Crippen LogP contribution in [0, 0.1) is 24.3 Å². The second-order valence-electron chi connectivity index (χ2n) is 13.3. The number of alkyl halides is 17. The largest absolute Gasteiger partial charge is 2.00 e. The molecule has 0 saturated heterocycles. The third kappa shape index (κ3) is 71.9. The summed E-state index contributed by atoms with van der Waals surface area (Å²) in [6.45, 7) is 20.3. The molecule has 0 bridgehead atoms. The number of nitrogens with zero attached hydrogens (tertiary/aromatic N) is 1. The molecule has 0 heterocycles. The average molecular weight is 1380 g/mol. The maximum atomic E-state index is 12.7. The van der Waals surface area contributed by atoms with Gasteiger partial charge in [-0.3, -0.25) is 24.8 Å². The van der Waals surface area contributed by atoms with Crippen molar-refractivity contribution in [3.05, 3.63) is 95.6 Å².